The van der Waals surface area contributed by atoms with Gasteiger partial charge < -0.3 is 29.7 Å². The Morgan fingerprint density at radius 2 is 1.15 bits per heavy atom. The molecule has 3 N–H and O–H groups in total. The van der Waals surface area contributed by atoms with Crippen molar-refractivity contribution in [3.8, 4) is 0 Å². The lowest BCUT2D eigenvalue weighted by atomic mass is 10.0. The molecular formula is C28H33NO5. The summed E-state index contributed by atoms with van der Waals surface area (Å²) in [6, 6.07) is 29.2. The lowest BCUT2D eigenvalue weighted by Gasteiger charge is -2.27. The van der Waals surface area contributed by atoms with Gasteiger partial charge in [0.1, 0.15) is 12.2 Å². The van der Waals surface area contributed by atoms with Gasteiger partial charge in [-0.2, -0.15) is 0 Å². The van der Waals surface area contributed by atoms with E-state index in [2.05, 4.69) is 5.32 Å². The summed E-state index contributed by atoms with van der Waals surface area (Å²) in [6.45, 7) is 1.29. The molecule has 1 heterocycles. The molecule has 0 bridgehead atoms. The van der Waals surface area contributed by atoms with Crippen LogP contribution in [0.2, 0.25) is 0 Å². The van der Waals surface area contributed by atoms with E-state index in [0.717, 1.165) is 16.7 Å². The fourth-order valence-corrected chi connectivity index (χ4v) is 4.28. The second-order valence-electron chi connectivity index (χ2n) is 8.57. The number of aliphatic hydroxyl groups excluding tert-OH is 2. The molecule has 1 fully saturated rings. The Balaban J connectivity index is 1.48. The first kappa shape index (κ1) is 24.5. The Bertz CT molecular complexity index is 956. The van der Waals surface area contributed by atoms with Gasteiger partial charge in [-0.15, -0.1) is 0 Å². The number of benzene rings is 3. The van der Waals surface area contributed by atoms with Crippen molar-refractivity contribution in [1.29, 1.82) is 0 Å². The van der Waals surface area contributed by atoms with E-state index in [1.165, 1.54) is 0 Å². The number of aliphatic hydroxyl groups is 2. The summed E-state index contributed by atoms with van der Waals surface area (Å²) >= 11 is 0. The van der Waals surface area contributed by atoms with Crippen LogP contribution >= 0.6 is 0 Å². The second-order valence-corrected chi connectivity index (χ2v) is 8.57. The maximum Gasteiger partial charge on any atom is 0.104 e. The molecule has 0 aliphatic carbocycles. The van der Waals surface area contributed by atoms with Crippen LogP contribution < -0.4 is 5.32 Å². The minimum Gasteiger partial charge on any atom is -0.394 e. The average molecular weight is 464 g/mol. The lowest BCUT2D eigenvalue weighted by molar-refractivity contribution is -0.0976. The summed E-state index contributed by atoms with van der Waals surface area (Å²) < 4.78 is 18.7. The van der Waals surface area contributed by atoms with Gasteiger partial charge in [-0.1, -0.05) is 91.0 Å². The van der Waals surface area contributed by atoms with Crippen molar-refractivity contribution in [2.75, 3.05) is 13.2 Å². The fourth-order valence-electron chi connectivity index (χ4n) is 4.28. The van der Waals surface area contributed by atoms with Crippen molar-refractivity contribution >= 4 is 0 Å². The van der Waals surface area contributed by atoms with Crippen LogP contribution in [0.3, 0.4) is 0 Å². The van der Waals surface area contributed by atoms with E-state index in [-0.39, 0.29) is 18.8 Å². The van der Waals surface area contributed by atoms with E-state index in [1.54, 1.807) is 0 Å². The number of rotatable bonds is 12. The minimum absolute atomic E-state index is 0.209. The molecule has 0 amide bonds. The Morgan fingerprint density at radius 1 is 0.676 bits per heavy atom. The predicted octanol–water partition coefficient (Wildman–Crippen LogP) is 3.07. The van der Waals surface area contributed by atoms with Crippen molar-refractivity contribution in [2.24, 2.45) is 0 Å². The summed E-state index contributed by atoms with van der Waals surface area (Å²) in [7, 11) is 0. The molecule has 3 aromatic rings. The molecule has 0 radical (unpaired) electrons. The highest BCUT2D eigenvalue weighted by atomic mass is 16.5. The van der Waals surface area contributed by atoms with Crippen LogP contribution in [0.5, 0.6) is 0 Å². The maximum atomic E-state index is 10.6. The normalized spacial score (nSPS) is 23.1. The lowest BCUT2D eigenvalue weighted by Crippen LogP contribution is -2.46. The van der Waals surface area contributed by atoms with Gasteiger partial charge >= 0.3 is 0 Å². The van der Waals surface area contributed by atoms with Gasteiger partial charge in [0, 0.05) is 0 Å². The Morgan fingerprint density at radius 3 is 1.65 bits per heavy atom. The summed E-state index contributed by atoms with van der Waals surface area (Å²) in [5.41, 5.74) is 3.18. The quantitative estimate of drug-likeness (QED) is 0.383. The molecule has 0 aromatic heterocycles. The van der Waals surface area contributed by atoms with Gasteiger partial charge in [-0.3, -0.25) is 0 Å². The number of hydrogen-bond acceptors (Lipinski definition) is 6. The first-order valence-electron chi connectivity index (χ1n) is 11.7. The Kier molecular flexibility index (Phi) is 9.21. The van der Waals surface area contributed by atoms with Crippen molar-refractivity contribution in [1.82, 2.24) is 5.32 Å². The summed E-state index contributed by atoms with van der Waals surface area (Å²) in [5, 5.41) is 23.7. The van der Waals surface area contributed by atoms with E-state index in [1.807, 2.05) is 91.0 Å². The van der Waals surface area contributed by atoms with Crippen LogP contribution in [0.1, 0.15) is 16.7 Å². The van der Waals surface area contributed by atoms with Crippen LogP contribution in [0.15, 0.2) is 91.0 Å². The molecule has 4 rings (SSSR count). The minimum atomic E-state index is -0.984. The second kappa shape index (κ2) is 12.8. The monoisotopic (exact) mass is 463 g/mol. The number of hydrogen-bond donors (Lipinski definition) is 3. The van der Waals surface area contributed by atoms with E-state index in [9.17, 15) is 10.2 Å². The van der Waals surface area contributed by atoms with E-state index in [4.69, 9.17) is 14.2 Å². The molecule has 0 saturated carbocycles. The Labute approximate surface area is 201 Å². The largest absolute Gasteiger partial charge is 0.394 e. The summed E-state index contributed by atoms with van der Waals surface area (Å²) in [5.74, 6) is 0. The van der Waals surface area contributed by atoms with Crippen LogP contribution in [-0.2, 0) is 34.0 Å². The first-order valence-corrected chi connectivity index (χ1v) is 11.7. The molecule has 180 valence electrons. The molecule has 5 atom stereocenters. The smallest absolute Gasteiger partial charge is 0.104 e. The molecule has 6 heteroatoms. The SMILES string of the molecule is OC[C@@H](O)[C@H]1N[C@H](COCc2ccccc2)[C@H](OCc2ccccc2)[C@@H]1OCc1ccccc1. The van der Waals surface area contributed by atoms with Gasteiger partial charge in [0.05, 0.1) is 51.2 Å². The van der Waals surface area contributed by atoms with Gasteiger partial charge in [-0.05, 0) is 16.7 Å². The summed E-state index contributed by atoms with van der Waals surface area (Å²) in [4.78, 5) is 0. The van der Waals surface area contributed by atoms with Gasteiger partial charge in [0.2, 0.25) is 0 Å². The van der Waals surface area contributed by atoms with Crippen LogP contribution in [0, 0.1) is 0 Å². The summed E-state index contributed by atoms with van der Waals surface area (Å²) in [6.07, 6.45) is -1.81. The average Bonchev–Trinajstić information content (AvgIpc) is 3.24. The first-order chi connectivity index (χ1) is 16.7. The van der Waals surface area contributed by atoms with Crippen LogP contribution in [0.4, 0.5) is 0 Å². The van der Waals surface area contributed by atoms with Crippen molar-refractivity contribution in [2.45, 2.75) is 50.2 Å². The van der Waals surface area contributed by atoms with Gasteiger partial charge in [0.25, 0.3) is 0 Å². The van der Waals surface area contributed by atoms with E-state index in [0.29, 0.717) is 26.4 Å². The van der Waals surface area contributed by atoms with Crippen molar-refractivity contribution in [3.05, 3.63) is 108 Å². The highest BCUT2D eigenvalue weighted by molar-refractivity contribution is 5.16. The third-order valence-electron chi connectivity index (χ3n) is 6.06. The van der Waals surface area contributed by atoms with Crippen LogP contribution in [0.25, 0.3) is 0 Å². The van der Waals surface area contributed by atoms with Crippen LogP contribution in [-0.4, -0.2) is 53.8 Å². The molecule has 1 aliphatic rings. The van der Waals surface area contributed by atoms with Crippen molar-refractivity contribution < 1.29 is 24.4 Å². The predicted molar refractivity (Wildman–Crippen MR) is 130 cm³/mol. The molecule has 1 saturated heterocycles. The molecular weight excluding hydrogens is 430 g/mol. The standard InChI is InChI=1S/C28H33NO5/c30-16-25(31)26-28(34-19-23-14-8-3-9-15-23)27(33-18-22-12-6-2-7-13-22)24(29-26)20-32-17-21-10-4-1-5-11-21/h1-15,24-31H,16-20H2/t24-,25-,26-,27+,28-/m1/s1. The molecule has 34 heavy (non-hydrogen) atoms. The highest BCUT2D eigenvalue weighted by Crippen LogP contribution is 2.26. The van der Waals surface area contributed by atoms with Crippen molar-refractivity contribution in [3.63, 3.8) is 0 Å². The van der Waals surface area contributed by atoms with Gasteiger partial charge in [-0.25, -0.2) is 0 Å². The molecule has 0 unspecified atom stereocenters. The Hall–Kier alpha value is -2.58. The van der Waals surface area contributed by atoms with E-state index >= 15 is 0 Å². The fraction of sp³-hybridized carbons (Fsp3) is 0.357. The maximum absolute atomic E-state index is 10.6. The molecule has 0 spiro atoms. The van der Waals surface area contributed by atoms with E-state index < -0.39 is 18.2 Å². The zero-order valence-electron chi connectivity index (χ0n) is 19.2. The molecule has 1 aliphatic heterocycles. The molecule has 3 aromatic carbocycles. The highest BCUT2D eigenvalue weighted by Gasteiger charge is 2.47. The zero-order valence-corrected chi connectivity index (χ0v) is 19.2. The third-order valence-corrected chi connectivity index (χ3v) is 6.06. The van der Waals surface area contributed by atoms with Gasteiger partial charge in [0.15, 0.2) is 0 Å². The number of ether oxygens (including phenoxy) is 3. The third kappa shape index (κ3) is 6.73. The zero-order chi connectivity index (χ0) is 23.6. The molecule has 6 nitrogen and oxygen atoms in total. The topological polar surface area (TPSA) is 80.2 Å². The number of nitrogens with one attached hydrogen (secondary N) is 1.